The van der Waals surface area contributed by atoms with Gasteiger partial charge in [0.2, 0.25) is 0 Å². The average Bonchev–Trinajstić information content (AvgIpc) is 2.66. The van der Waals surface area contributed by atoms with Crippen LogP contribution in [0, 0.1) is 18.3 Å². The van der Waals surface area contributed by atoms with Gasteiger partial charge in [0.1, 0.15) is 6.61 Å². The number of hydrogen-bond acceptors (Lipinski definition) is 5. The fourth-order valence-electron chi connectivity index (χ4n) is 2.88. The Morgan fingerprint density at radius 1 is 1.24 bits per heavy atom. The quantitative estimate of drug-likeness (QED) is 0.622. The molecule has 1 aliphatic rings. The molecule has 1 fully saturated rings. The molecule has 3 rings (SSSR count). The van der Waals surface area contributed by atoms with Crippen molar-refractivity contribution in [2.45, 2.75) is 13.5 Å². The molecule has 0 saturated carbocycles. The molecule has 0 bridgehead atoms. The van der Waals surface area contributed by atoms with Crippen LogP contribution in [0.4, 0.5) is 5.69 Å². The Kier molecular flexibility index (Phi) is 5.65. The van der Waals surface area contributed by atoms with Gasteiger partial charge in [0.15, 0.2) is 0 Å². The van der Waals surface area contributed by atoms with Gasteiger partial charge in [-0.05, 0) is 36.2 Å². The maximum atomic E-state index is 9.06. The van der Waals surface area contributed by atoms with Crippen molar-refractivity contribution in [3.63, 3.8) is 0 Å². The predicted octanol–water partition coefficient (Wildman–Crippen LogP) is 3.25. The van der Waals surface area contributed by atoms with Crippen LogP contribution in [0.5, 0.6) is 0 Å². The van der Waals surface area contributed by atoms with Gasteiger partial charge in [-0.3, -0.25) is 0 Å². The monoisotopic (exact) mass is 335 g/mol. The number of rotatable bonds is 5. The molecule has 1 aliphatic heterocycles. The molecule has 0 amide bonds. The van der Waals surface area contributed by atoms with E-state index in [4.69, 9.17) is 14.8 Å². The second kappa shape index (κ2) is 8.32. The van der Waals surface area contributed by atoms with E-state index in [0.29, 0.717) is 5.56 Å². The van der Waals surface area contributed by atoms with Crippen LogP contribution >= 0.6 is 0 Å². The highest BCUT2D eigenvalue weighted by molar-refractivity contribution is 5.80. The van der Waals surface area contributed by atoms with E-state index in [2.05, 4.69) is 35.2 Å². The number of aryl methyl sites for hydroxylation is 1. The molecule has 0 atom stereocenters. The summed E-state index contributed by atoms with van der Waals surface area (Å²) in [5.74, 6) is 0. The molecule has 5 nitrogen and oxygen atoms in total. The highest BCUT2D eigenvalue weighted by Gasteiger charge is 2.13. The smallest absolute Gasteiger partial charge is 0.143 e. The highest BCUT2D eigenvalue weighted by atomic mass is 16.6. The van der Waals surface area contributed by atoms with Gasteiger partial charge in [0.25, 0.3) is 0 Å². The minimum absolute atomic E-state index is 0.283. The summed E-state index contributed by atoms with van der Waals surface area (Å²) in [6.45, 7) is 5.80. The normalized spacial score (nSPS) is 14.5. The fraction of sp³-hybridized carbons (Fsp3) is 0.300. The molecule has 1 heterocycles. The number of ether oxygens (including phenoxy) is 1. The minimum Gasteiger partial charge on any atom is -0.391 e. The third-order valence-corrected chi connectivity index (χ3v) is 4.21. The summed E-state index contributed by atoms with van der Waals surface area (Å²) < 4.78 is 5.40. The van der Waals surface area contributed by atoms with E-state index in [0.717, 1.165) is 37.4 Å². The van der Waals surface area contributed by atoms with Gasteiger partial charge in [0.05, 0.1) is 31.1 Å². The number of oxime groups is 1. The van der Waals surface area contributed by atoms with Crippen LogP contribution in [0.1, 0.15) is 22.3 Å². The zero-order valence-electron chi connectivity index (χ0n) is 14.3. The first-order chi connectivity index (χ1) is 12.3. The number of benzene rings is 2. The number of anilines is 1. The van der Waals surface area contributed by atoms with Crippen molar-refractivity contribution in [1.82, 2.24) is 0 Å². The lowest BCUT2D eigenvalue weighted by atomic mass is 10.1. The first-order valence-electron chi connectivity index (χ1n) is 8.34. The lowest BCUT2D eigenvalue weighted by molar-refractivity contribution is 0.122. The van der Waals surface area contributed by atoms with Crippen LogP contribution in [-0.2, 0) is 16.2 Å². The molecule has 0 aliphatic carbocycles. The van der Waals surface area contributed by atoms with Crippen LogP contribution in [0.25, 0.3) is 0 Å². The van der Waals surface area contributed by atoms with Gasteiger partial charge in [-0.25, -0.2) is 0 Å². The van der Waals surface area contributed by atoms with E-state index in [1.165, 1.54) is 11.3 Å². The Morgan fingerprint density at radius 3 is 2.80 bits per heavy atom. The highest BCUT2D eigenvalue weighted by Crippen LogP contribution is 2.21. The summed E-state index contributed by atoms with van der Waals surface area (Å²) in [5.41, 5.74) is 4.89. The molecule has 5 heteroatoms. The topological polar surface area (TPSA) is 57.8 Å². The summed E-state index contributed by atoms with van der Waals surface area (Å²) >= 11 is 0. The molecule has 0 spiro atoms. The van der Waals surface area contributed by atoms with Gasteiger partial charge in [-0.15, -0.1) is 0 Å². The second-order valence-electron chi connectivity index (χ2n) is 5.92. The van der Waals surface area contributed by atoms with Gasteiger partial charge in [0, 0.05) is 24.3 Å². The molecule has 0 unspecified atom stereocenters. The van der Waals surface area contributed by atoms with E-state index in [1.807, 2.05) is 24.3 Å². The molecule has 128 valence electrons. The molecule has 25 heavy (non-hydrogen) atoms. The van der Waals surface area contributed by atoms with Crippen molar-refractivity contribution in [1.29, 1.82) is 5.26 Å². The summed E-state index contributed by atoms with van der Waals surface area (Å²) in [5, 5.41) is 13.1. The molecule has 0 N–H and O–H groups in total. The van der Waals surface area contributed by atoms with Gasteiger partial charge >= 0.3 is 0 Å². The Labute approximate surface area is 148 Å². The second-order valence-corrected chi connectivity index (χ2v) is 5.92. The fourth-order valence-corrected chi connectivity index (χ4v) is 2.88. The first kappa shape index (κ1) is 17.0. The molecular formula is C20H21N3O2. The van der Waals surface area contributed by atoms with Gasteiger partial charge < -0.3 is 14.5 Å². The molecule has 2 aromatic rings. The van der Waals surface area contributed by atoms with Gasteiger partial charge in [-0.1, -0.05) is 29.4 Å². The van der Waals surface area contributed by atoms with Crippen molar-refractivity contribution in [3.05, 3.63) is 64.7 Å². The van der Waals surface area contributed by atoms with E-state index in [1.54, 1.807) is 12.3 Å². The SMILES string of the molecule is Cc1cc(/C=N\OCc2ccccc2C#N)ccc1N1CCOCC1. The Morgan fingerprint density at radius 2 is 2.04 bits per heavy atom. The molecule has 1 saturated heterocycles. The van der Waals surface area contributed by atoms with Crippen LogP contribution < -0.4 is 4.90 Å². The summed E-state index contributed by atoms with van der Waals surface area (Å²) in [6.07, 6.45) is 1.70. The van der Waals surface area contributed by atoms with Crippen molar-refractivity contribution in [2.75, 3.05) is 31.2 Å². The maximum Gasteiger partial charge on any atom is 0.143 e. The minimum atomic E-state index is 0.283. The number of morpholine rings is 1. The average molecular weight is 335 g/mol. The third-order valence-electron chi connectivity index (χ3n) is 4.21. The van der Waals surface area contributed by atoms with E-state index >= 15 is 0 Å². The lowest BCUT2D eigenvalue weighted by Gasteiger charge is -2.30. The molecule has 2 aromatic carbocycles. The van der Waals surface area contributed by atoms with E-state index < -0.39 is 0 Å². The zero-order valence-corrected chi connectivity index (χ0v) is 14.3. The van der Waals surface area contributed by atoms with Crippen LogP contribution in [0.15, 0.2) is 47.6 Å². The largest absolute Gasteiger partial charge is 0.391 e. The molecule has 0 aromatic heterocycles. The summed E-state index contributed by atoms with van der Waals surface area (Å²) in [6, 6.07) is 15.8. The Hall–Kier alpha value is -2.84. The summed E-state index contributed by atoms with van der Waals surface area (Å²) in [4.78, 5) is 7.69. The van der Waals surface area contributed by atoms with Crippen molar-refractivity contribution in [3.8, 4) is 6.07 Å². The van der Waals surface area contributed by atoms with E-state index in [9.17, 15) is 0 Å². The van der Waals surface area contributed by atoms with Crippen LogP contribution in [-0.4, -0.2) is 32.5 Å². The Balaban J connectivity index is 1.60. The predicted molar refractivity (Wildman–Crippen MR) is 97.8 cm³/mol. The van der Waals surface area contributed by atoms with Crippen molar-refractivity contribution < 1.29 is 9.57 Å². The number of nitrogens with zero attached hydrogens (tertiary/aromatic N) is 3. The molecule has 0 radical (unpaired) electrons. The standard InChI is InChI=1S/C20H21N3O2/c1-16-12-17(6-7-20(16)23-8-10-24-11-9-23)14-22-25-15-19-5-3-2-4-18(19)13-21/h2-7,12,14H,8-11,15H2,1H3/b22-14-. The Bertz CT molecular complexity index is 790. The van der Waals surface area contributed by atoms with Crippen LogP contribution in [0.2, 0.25) is 0 Å². The zero-order chi connectivity index (χ0) is 17.5. The van der Waals surface area contributed by atoms with Crippen molar-refractivity contribution >= 4 is 11.9 Å². The third kappa shape index (κ3) is 4.37. The first-order valence-corrected chi connectivity index (χ1v) is 8.34. The molecular weight excluding hydrogens is 314 g/mol. The number of nitriles is 1. The summed E-state index contributed by atoms with van der Waals surface area (Å²) in [7, 11) is 0. The van der Waals surface area contributed by atoms with Gasteiger partial charge in [-0.2, -0.15) is 5.26 Å². The maximum absolute atomic E-state index is 9.06. The lowest BCUT2D eigenvalue weighted by Crippen LogP contribution is -2.36. The van der Waals surface area contributed by atoms with Crippen LogP contribution in [0.3, 0.4) is 0 Å². The number of hydrogen-bond donors (Lipinski definition) is 0. The van der Waals surface area contributed by atoms with Crippen molar-refractivity contribution in [2.24, 2.45) is 5.16 Å². The van der Waals surface area contributed by atoms with E-state index in [-0.39, 0.29) is 6.61 Å².